The van der Waals surface area contributed by atoms with Crippen LogP contribution in [0.3, 0.4) is 0 Å². The Morgan fingerprint density at radius 3 is 1.28 bits per heavy atom. The predicted octanol–water partition coefficient (Wildman–Crippen LogP) is 14.9. The summed E-state index contributed by atoms with van der Waals surface area (Å²) >= 11 is 0. The number of hydrogen-bond acceptors (Lipinski definition) is 2. The molecule has 9 aromatic rings. The minimum Gasteiger partial charge on any atom is -0.228 e. The molecule has 0 amide bonds. The fourth-order valence-corrected chi connectivity index (χ4v) is 10.1. The topological polar surface area (TPSA) is 25.8 Å². The fraction of sp³-hybridized carbons (Fsp3) is 0.0968. The first-order valence-electron chi connectivity index (χ1n) is 22.4. The first-order valence-corrected chi connectivity index (χ1v) is 22.4. The summed E-state index contributed by atoms with van der Waals surface area (Å²) in [5.41, 5.74) is 14.8. The first kappa shape index (κ1) is 40.4. The summed E-state index contributed by atoms with van der Waals surface area (Å²) in [6.07, 6.45) is 5.78. The molecule has 1 unspecified atom stereocenters. The van der Waals surface area contributed by atoms with E-state index in [1.54, 1.807) is 0 Å². The monoisotopic (exact) mass is 822 g/mol. The normalized spacial score (nSPS) is 14.1. The molecule has 1 aromatic heterocycles. The van der Waals surface area contributed by atoms with Crippen molar-refractivity contribution < 1.29 is 0 Å². The van der Waals surface area contributed by atoms with Crippen molar-refractivity contribution in [2.75, 3.05) is 0 Å². The molecule has 64 heavy (non-hydrogen) atoms. The average molecular weight is 823 g/mol. The van der Waals surface area contributed by atoms with Gasteiger partial charge in [0.25, 0.3) is 0 Å². The smallest absolute Gasteiger partial charge is 0.160 e. The molecule has 1 heterocycles. The van der Waals surface area contributed by atoms with Gasteiger partial charge in [-0.2, -0.15) is 0 Å². The number of allylic oxidation sites excluding steroid dienone is 4. The Labute approximate surface area is 378 Å². The molecule has 1 aliphatic carbocycles. The second kappa shape index (κ2) is 17.6. The molecule has 0 bridgehead atoms. The molecule has 0 fully saturated rings. The van der Waals surface area contributed by atoms with Crippen molar-refractivity contribution in [1.82, 2.24) is 9.97 Å². The lowest BCUT2D eigenvalue weighted by molar-refractivity contribution is 0.693. The zero-order valence-electron chi connectivity index (χ0n) is 36.4. The van der Waals surface area contributed by atoms with Crippen molar-refractivity contribution in [3.05, 3.63) is 305 Å². The highest BCUT2D eigenvalue weighted by atomic mass is 14.9. The summed E-state index contributed by atoms with van der Waals surface area (Å²) in [6, 6.07) is 85.4. The second-order valence-electron chi connectivity index (χ2n) is 16.9. The second-order valence-corrected chi connectivity index (χ2v) is 16.9. The SMILES string of the molecule is Cc1ccccc1-c1nc(C2=CC(C(c3ccccc3)(c3ccccc3)c3ccccc3)=CCC2C)cc(-c2cccc(C(c3ccccc3)(c3ccccc3)c3ccccc3)c2)n1. The maximum absolute atomic E-state index is 5.51. The van der Waals surface area contributed by atoms with Crippen LogP contribution in [0.25, 0.3) is 28.2 Å². The van der Waals surface area contributed by atoms with Crippen LogP contribution in [0.4, 0.5) is 0 Å². The van der Waals surface area contributed by atoms with Crippen LogP contribution >= 0.6 is 0 Å². The van der Waals surface area contributed by atoms with Gasteiger partial charge in [-0.1, -0.05) is 244 Å². The standard InChI is InChI=1S/C62H50N2/c1-45-24-21-22-39-56(45)60-63-58(47-25-23-38-54(42-47)61(48-26-9-3-10-27-48,49-28-11-4-12-29-49)50-30-13-5-14-31-50)44-59(64-60)57-43-55(41-40-46(57)2)62(51-32-15-6-16-33-51,52-34-17-7-18-35-52)53-36-19-8-20-37-53/h3-39,41-44,46H,40H2,1-2H3. The van der Waals surface area contributed by atoms with E-state index in [9.17, 15) is 0 Å². The minimum absolute atomic E-state index is 0.212. The third-order valence-electron chi connectivity index (χ3n) is 13.2. The van der Waals surface area contributed by atoms with Crippen LogP contribution in [0.2, 0.25) is 0 Å². The Kier molecular flexibility index (Phi) is 11.1. The lowest BCUT2D eigenvalue weighted by Crippen LogP contribution is -2.32. The van der Waals surface area contributed by atoms with Crippen LogP contribution in [0, 0.1) is 12.8 Å². The van der Waals surface area contributed by atoms with Gasteiger partial charge in [0, 0.05) is 11.1 Å². The molecule has 1 aliphatic rings. The largest absolute Gasteiger partial charge is 0.228 e. The van der Waals surface area contributed by atoms with Crippen LogP contribution in [-0.2, 0) is 10.8 Å². The quantitative estimate of drug-likeness (QED) is 0.121. The molecule has 2 nitrogen and oxygen atoms in total. The van der Waals surface area contributed by atoms with E-state index >= 15 is 0 Å². The maximum atomic E-state index is 5.51. The van der Waals surface area contributed by atoms with Gasteiger partial charge in [-0.15, -0.1) is 0 Å². The average Bonchev–Trinajstić information content (AvgIpc) is 3.37. The van der Waals surface area contributed by atoms with Crippen molar-refractivity contribution in [1.29, 1.82) is 0 Å². The highest BCUT2D eigenvalue weighted by molar-refractivity contribution is 5.78. The maximum Gasteiger partial charge on any atom is 0.160 e. The fourth-order valence-electron chi connectivity index (χ4n) is 10.1. The molecule has 0 aliphatic heterocycles. The van der Waals surface area contributed by atoms with Gasteiger partial charge in [0.2, 0.25) is 0 Å². The van der Waals surface area contributed by atoms with Crippen LogP contribution in [0.5, 0.6) is 0 Å². The van der Waals surface area contributed by atoms with E-state index in [1.165, 1.54) is 50.1 Å². The summed E-state index contributed by atoms with van der Waals surface area (Å²) in [4.78, 5) is 11.0. The first-order chi connectivity index (χ1) is 31.6. The zero-order valence-corrected chi connectivity index (χ0v) is 36.4. The van der Waals surface area contributed by atoms with Crippen LogP contribution in [0.1, 0.15) is 63.5 Å². The lowest BCUT2D eigenvalue weighted by Gasteiger charge is -2.39. The summed E-state index contributed by atoms with van der Waals surface area (Å²) in [7, 11) is 0. The highest BCUT2D eigenvalue weighted by Gasteiger charge is 2.41. The van der Waals surface area contributed by atoms with Gasteiger partial charge in [0.1, 0.15) is 0 Å². The Hall–Kier alpha value is -7.68. The Bertz CT molecular complexity index is 2870. The predicted molar refractivity (Wildman–Crippen MR) is 265 cm³/mol. The van der Waals surface area contributed by atoms with Gasteiger partial charge in [-0.25, -0.2) is 9.97 Å². The highest BCUT2D eigenvalue weighted by Crippen LogP contribution is 2.50. The number of benzene rings is 8. The summed E-state index contributed by atoms with van der Waals surface area (Å²) < 4.78 is 0. The molecule has 8 aromatic carbocycles. The third kappa shape index (κ3) is 7.21. The number of hydrogen-bond donors (Lipinski definition) is 0. The number of aryl methyl sites for hydroxylation is 1. The van der Waals surface area contributed by atoms with E-state index in [0.717, 1.165) is 40.3 Å². The molecular formula is C62H50N2. The zero-order chi connectivity index (χ0) is 43.4. The minimum atomic E-state index is -0.593. The molecule has 0 radical (unpaired) electrons. The van der Waals surface area contributed by atoms with E-state index < -0.39 is 10.8 Å². The summed E-state index contributed by atoms with van der Waals surface area (Å²) in [5.74, 6) is 0.936. The summed E-state index contributed by atoms with van der Waals surface area (Å²) in [5, 5.41) is 0. The Morgan fingerprint density at radius 1 is 0.406 bits per heavy atom. The number of rotatable bonds is 11. The van der Waals surface area contributed by atoms with Gasteiger partial charge in [0.05, 0.1) is 22.2 Å². The Balaban J connectivity index is 1.20. The number of aromatic nitrogens is 2. The lowest BCUT2D eigenvalue weighted by atomic mass is 9.62. The van der Waals surface area contributed by atoms with E-state index in [4.69, 9.17) is 9.97 Å². The van der Waals surface area contributed by atoms with Crippen molar-refractivity contribution >= 4 is 5.57 Å². The molecular weight excluding hydrogens is 773 g/mol. The van der Waals surface area contributed by atoms with E-state index in [-0.39, 0.29) is 5.92 Å². The van der Waals surface area contributed by atoms with Gasteiger partial charge in [0.15, 0.2) is 5.82 Å². The molecule has 0 saturated carbocycles. The van der Waals surface area contributed by atoms with E-state index in [0.29, 0.717) is 0 Å². The molecule has 0 spiro atoms. The molecule has 1 atom stereocenters. The molecule has 308 valence electrons. The van der Waals surface area contributed by atoms with Gasteiger partial charge < -0.3 is 0 Å². The van der Waals surface area contributed by atoms with Crippen molar-refractivity contribution in [2.24, 2.45) is 5.92 Å². The van der Waals surface area contributed by atoms with Gasteiger partial charge >= 0.3 is 0 Å². The number of nitrogens with zero attached hydrogens (tertiary/aromatic N) is 2. The molecule has 0 saturated heterocycles. The van der Waals surface area contributed by atoms with Crippen LogP contribution in [-0.4, -0.2) is 9.97 Å². The van der Waals surface area contributed by atoms with Crippen molar-refractivity contribution in [3.8, 4) is 22.6 Å². The van der Waals surface area contributed by atoms with E-state index in [1.807, 2.05) is 0 Å². The third-order valence-corrected chi connectivity index (χ3v) is 13.2. The van der Waals surface area contributed by atoms with Crippen LogP contribution < -0.4 is 0 Å². The van der Waals surface area contributed by atoms with Gasteiger partial charge in [-0.3, -0.25) is 0 Å². The van der Waals surface area contributed by atoms with E-state index in [2.05, 4.69) is 263 Å². The van der Waals surface area contributed by atoms with Gasteiger partial charge in [-0.05, 0) is 87.0 Å². The van der Waals surface area contributed by atoms with Crippen molar-refractivity contribution in [3.63, 3.8) is 0 Å². The molecule has 2 heteroatoms. The van der Waals surface area contributed by atoms with Crippen molar-refractivity contribution in [2.45, 2.75) is 31.1 Å². The molecule has 10 rings (SSSR count). The Morgan fingerprint density at radius 2 is 0.812 bits per heavy atom. The van der Waals surface area contributed by atoms with Crippen LogP contribution in [0.15, 0.2) is 254 Å². The summed E-state index contributed by atoms with van der Waals surface area (Å²) in [6.45, 7) is 4.48. The molecule has 0 N–H and O–H groups in total.